The van der Waals surface area contributed by atoms with Gasteiger partial charge in [0.05, 0.1) is 11.6 Å². The number of nitrogens with zero attached hydrogens (tertiary/aromatic N) is 1. The third kappa shape index (κ3) is 5.77. The average molecular weight is 487 g/mol. The summed E-state index contributed by atoms with van der Waals surface area (Å²) in [5.74, 6) is -4.05. The van der Waals surface area contributed by atoms with E-state index in [0.717, 1.165) is 12.1 Å². The second-order valence-electron chi connectivity index (χ2n) is 7.60. The van der Waals surface area contributed by atoms with Gasteiger partial charge in [0.15, 0.2) is 0 Å². The van der Waals surface area contributed by atoms with Crippen molar-refractivity contribution >= 4 is 11.9 Å². The molecule has 0 heterocycles. The molecule has 4 rings (SSSR count). The van der Waals surface area contributed by atoms with Crippen molar-refractivity contribution in [3.8, 4) is 39.8 Å². The minimum absolute atomic E-state index is 0.114. The summed E-state index contributed by atoms with van der Waals surface area (Å²) in [4.78, 5) is 24.2. The van der Waals surface area contributed by atoms with Crippen molar-refractivity contribution < 1.29 is 32.2 Å². The molecule has 178 valence electrons. The van der Waals surface area contributed by atoms with E-state index in [0.29, 0.717) is 16.7 Å². The number of halogens is 3. The molecule has 4 aromatic rings. The summed E-state index contributed by atoms with van der Waals surface area (Å²) in [7, 11) is 0. The summed E-state index contributed by atoms with van der Waals surface area (Å²) in [6.45, 7) is 0. The van der Waals surface area contributed by atoms with Crippen molar-refractivity contribution in [1.82, 2.24) is 0 Å². The van der Waals surface area contributed by atoms with Gasteiger partial charge in [-0.15, -0.1) is 0 Å². The zero-order valence-electron chi connectivity index (χ0n) is 18.5. The predicted molar refractivity (Wildman–Crippen MR) is 124 cm³/mol. The van der Waals surface area contributed by atoms with Crippen LogP contribution in [0.15, 0.2) is 84.9 Å². The quantitative estimate of drug-likeness (QED) is 0.184. The van der Waals surface area contributed by atoms with Crippen molar-refractivity contribution in [2.24, 2.45) is 0 Å². The topological polar surface area (TPSA) is 76.4 Å². The van der Waals surface area contributed by atoms with Crippen LogP contribution < -0.4 is 9.47 Å². The number of hydrogen-bond donors (Lipinski definition) is 0. The lowest BCUT2D eigenvalue weighted by Crippen LogP contribution is -2.18. The van der Waals surface area contributed by atoms with Gasteiger partial charge < -0.3 is 9.47 Å². The van der Waals surface area contributed by atoms with Crippen LogP contribution in [0, 0.1) is 28.8 Å². The molecule has 4 aromatic carbocycles. The number of carbonyl (C=O) groups excluding carboxylic acids is 2. The first kappa shape index (κ1) is 24.2. The van der Waals surface area contributed by atoms with Crippen molar-refractivity contribution in [3.05, 3.63) is 108 Å². The van der Waals surface area contributed by atoms with Crippen LogP contribution in [-0.4, -0.2) is 11.9 Å². The van der Waals surface area contributed by atoms with Gasteiger partial charge in [-0.2, -0.15) is 5.26 Å². The molecule has 0 aromatic heterocycles. The van der Waals surface area contributed by atoms with E-state index in [-0.39, 0.29) is 22.6 Å². The molecule has 8 heteroatoms. The molecule has 0 aliphatic rings. The summed E-state index contributed by atoms with van der Waals surface area (Å²) in [6.07, 6.45) is -0.791. The summed E-state index contributed by atoms with van der Waals surface area (Å²) in [6, 6.07) is 20.9. The highest BCUT2D eigenvalue weighted by molar-refractivity contribution is 5.93. The molecular formula is C28H16F3NO4. The highest BCUT2D eigenvalue weighted by Gasteiger charge is 2.17. The maximum atomic E-state index is 14.5. The van der Waals surface area contributed by atoms with E-state index in [1.165, 1.54) is 48.5 Å². The molecular weight excluding hydrogens is 471 g/mol. The van der Waals surface area contributed by atoms with E-state index in [1.54, 1.807) is 24.3 Å². The Kier molecular flexibility index (Phi) is 7.12. The average Bonchev–Trinajstić information content (AvgIpc) is 2.85. The van der Waals surface area contributed by atoms with Crippen LogP contribution >= 0.6 is 0 Å². The highest BCUT2D eigenvalue weighted by atomic mass is 19.1. The number of benzene rings is 4. The lowest BCUT2D eigenvalue weighted by atomic mass is 10.0. The Bertz CT molecular complexity index is 1480. The zero-order chi connectivity index (χ0) is 25.7. The van der Waals surface area contributed by atoms with E-state index >= 15 is 0 Å². The minimum atomic E-state index is -0.997. The molecule has 0 radical (unpaired) electrons. The fourth-order valence-corrected chi connectivity index (χ4v) is 3.39. The van der Waals surface area contributed by atoms with E-state index < -0.39 is 35.8 Å². The van der Waals surface area contributed by atoms with Crippen LogP contribution in [0.25, 0.3) is 22.3 Å². The fourth-order valence-electron chi connectivity index (χ4n) is 3.39. The smallest absolute Gasteiger partial charge is 0.322 e. The maximum absolute atomic E-state index is 14.5. The molecule has 0 fully saturated rings. The normalized spacial score (nSPS) is 10.4. The Morgan fingerprint density at radius 2 is 1.11 bits per heavy atom. The summed E-state index contributed by atoms with van der Waals surface area (Å²) in [5, 5.41) is 8.86. The van der Waals surface area contributed by atoms with Crippen LogP contribution in [0.1, 0.15) is 12.0 Å². The molecule has 0 amide bonds. The van der Waals surface area contributed by atoms with Gasteiger partial charge in [0, 0.05) is 23.3 Å². The van der Waals surface area contributed by atoms with Gasteiger partial charge in [0.25, 0.3) is 0 Å². The molecule has 0 saturated carbocycles. The molecule has 0 aliphatic heterocycles. The summed E-state index contributed by atoms with van der Waals surface area (Å²) in [5.41, 5.74) is 1.83. The van der Waals surface area contributed by atoms with E-state index in [9.17, 15) is 22.8 Å². The first-order valence-electron chi connectivity index (χ1n) is 10.6. The molecule has 0 atom stereocenters. The van der Waals surface area contributed by atoms with Crippen molar-refractivity contribution in [3.63, 3.8) is 0 Å². The zero-order valence-corrected chi connectivity index (χ0v) is 18.5. The predicted octanol–water partition coefficient (Wildman–Crippen LogP) is 6.21. The molecule has 36 heavy (non-hydrogen) atoms. The first-order valence-corrected chi connectivity index (χ1v) is 10.6. The lowest BCUT2D eigenvalue weighted by molar-refractivity contribution is -0.144. The first-order chi connectivity index (χ1) is 17.3. The van der Waals surface area contributed by atoms with Gasteiger partial charge in [-0.3, -0.25) is 9.59 Å². The lowest BCUT2D eigenvalue weighted by Gasteiger charge is -2.09. The number of esters is 2. The summed E-state index contributed by atoms with van der Waals surface area (Å²) < 4.78 is 52.0. The van der Waals surface area contributed by atoms with E-state index in [2.05, 4.69) is 0 Å². The van der Waals surface area contributed by atoms with Crippen molar-refractivity contribution in [2.75, 3.05) is 0 Å². The standard InChI is InChI=1S/C28H16F3NO4/c29-20-7-5-19(6-8-20)24-12-10-22(14-26(24)31)36-28(34)15-27(33)35-21-9-11-23(25(30)13-21)18-3-1-17(16-32)2-4-18/h1-14H,15H2. The number of ether oxygens (including phenoxy) is 2. The van der Waals surface area contributed by atoms with Crippen LogP contribution in [0.2, 0.25) is 0 Å². The second kappa shape index (κ2) is 10.6. The number of nitriles is 1. The van der Waals surface area contributed by atoms with Gasteiger partial charge in [0.2, 0.25) is 0 Å². The Balaban J connectivity index is 1.36. The molecule has 0 spiro atoms. The van der Waals surface area contributed by atoms with E-state index in [1.807, 2.05) is 6.07 Å². The second-order valence-corrected chi connectivity index (χ2v) is 7.60. The Labute approximate surface area is 204 Å². The Hall–Kier alpha value is -4.90. The molecule has 5 nitrogen and oxygen atoms in total. The molecule has 0 bridgehead atoms. The van der Waals surface area contributed by atoms with Crippen molar-refractivity contribution in [1.29, 1.82) is 5.26 Å². The van der Waals surface area contributed by atoms with Crippen LogP contribution in [0.3, 0.4) is 0 Å². The highest BCUT2D eigenvalue weighted by Crippen LogP contribution is 2.28. The van der Waals surface area contributed by atoms with Crippen LogP contribution in [0.5, 0.6) is 11.5 Å². The van der Waals surface area contributed by atoms with E-state index in [4.69, 9.17) is 14.7 Å². The SMILES string of the molecule is N#Cc1ccc(-c2ccc(OC(=O)CC(=O)Oc3ccc(-c4ccc(F)cc4)c(F)c3)cc2F)cc1. The maximum Gasteiger partial charge on any atom is 0.322 e. The fraction of sp³-hybridized carbons (Fsp3) is 0.0357. The minimum Gasteiger partial charge on any atom is -0.426 e. The van der Waals surface area contributed by atoms with Gasteiger partial charge >= 0.3 is 11.9 Å². The van der Waals surface area contributed by atoms with Crippen LogP contribution in [-0.2, 0) is 9.59 Å². The van der Waals surface area contributed by atoms with Gasteiger partial charge in [0.1, 0.15) is 35.4 Å². The largest absolute Gasteiger partial charge is 0.426 e. The molecule has 0 aliphatic carbocycles. The summed E-state index contributed by atoms with van der Waals surface area (Å²) >= 11 is 0. The van der Waals surface area contributed by atoms with Gasteiger partial charge in [-0.1, -0.05) is 24.3 Å². The monoisotopic (exact) mass is 487 g/mol. The Morgan fingerprint density at radius 1 is 0.667 bits per heavy atom. The van der Waals surface area contributed by atoms with Crippen molar-refractivity contribution in [2.45, 2.75) is 6.42 Å². The molecule has 0 unspecified atom stereocenters. The number of carbonyl (C=O) groups is 2. The molecule has 0 saturated heterocycles. The Morgan fingerprint density at radius 3 is 1.53 bits per heavy atom. The molecule has 0 N–H and O–H groups in total. The number of rotatable bonds is 6. The van der Waals surface area contributed by atoms with Gasteiger partial charge in [-0.25, -0.2) is 13.2 Å². The van der Waals surface area contributed by atoms with Gasteiger partial charge in [-0.05, 0) is 59.7 Å². The van der Waals surface area contributed by atoms with Crippen LogP contribution in [0.4, 0.5) is 13.2 Å². The third-order valence-electron chi connectivity index (χ3n) is 5.11. The number of hydrogen-bond acceptors (Lipinski definition) is 5. The third-order valence-corrected chi connectivity index (χ3v) is 5.11.